The van der Waals surface area contributed by atoms with Crippen LogP contribution in [0.4, 0.5) is 0 Å². The van der Waals surface area contributed by atoms with Crippen molar-refractivity contribution in [2.75, 3.05) is 13.2 Å². The van der Waals surface area contributed by atoms with Gasteiger partial charge >= 0.3 is 0 Å². The van der Waals surface area contributed by atoms with Gasteiger partial charge in [-0.1, -0.05) is 6.42 Å². The first-order valence-electron chi connectivity index (χ1n) is 7.09. The van der Waals surface area contributed by atoms with E-state index in [4.69, 9.17) is 10.00 Å². The van der Waals surface area contributed by atoms with Gasteiger partial charge in [0.05, 0.1) is 11.6 Å². The van der Waals surface area contributed by atoms with Crippen molar-refractivity contribution >= 4 is 0 Å². The molecule has 2 unspecified atom stereocenters. The summed E-state index contributed by atoms with van der Waals surface area (Å²) in [5.74, 6) is 0.844. The molecule has 1 aliphatic rings. The number of nitrogens with zero attached hydrogens (tertiary/aromatic N) is 2. The number of nitriles is 1. The van der Waals surface area contributed by atoms with Crippen LogP contribution in [0.2, 0.25) is 0 Å². The fraction of sp³-hybridized carbons (Fsp3) is 0.562. The Morgan fingerprint density at radius 1 is 1.21 bits per heavy atom. The molecule has 0 aromatic heterocycles. The lowest BCUT2D eigenvalue weighted by molar-refractivity contribution is 0.0851. The third-order valence-electron chi connectivity index (χ3n) is 3.98. The Balaban J connectivity index is 1.80. The highest BCUT2D eigenvalue weighted by atomic mass is 16.5. The van der Waals surface area contributed by atoms with Crippen molar-refractivity contribution in [1.82, 2.24) is 4.90 Å². The summed E-state index contributed by atoms with van der Waals surface area (Å²) in [5.41, 5.74) is 0.672. The van der Waals surface area contributed by atoms with E-state index < -0.39 is 0 Å². The van der Waals surface area contributed by atoms with E-state index in [1.165, 1.54) is 19.3 Å². The van der Waals surface area contributed by atoms with Crippen molar-refractivity contribution in [2.45, 2.75) is 45.2 Å². The van der Waals surface area contributed by atoms with Gasteiger partial charge in [0.15, 0.2) is 0 Å². The van der Waals surface area contributed by atoms with Gasteiger partial charge in [-0.3, -0.25) is 4.90 Å². The van der Waals surface area contributed by atoms with Crippen molar-refractivity contribution < 1.29 is 4.74 Å². The van der Waals surface area contributed by atoms with Gasteiger partial charge in [0, 0.05) is 18.6 Å². The van der Waals surface area contributed by atoms with Crippen LogP contribution in [0.3, 0.4) is 0 Å². The van der Waals surface area contributed by atoms with Crippen LogP contribution in [-0.4, -0.2) is 30.1 Å². The Bertz CT molecular complexity index is 425. The van der Waals surface area contributed by atoms with Crippen molar-refractivity contribution in [3.05, 3.63) is 29.8 Å². The van der Waals surface area contributed by atoms with Crippen LogP contribution >= 0.6 is 0 Å². The second-order valence-corrected chi connectivity index (χ2v) is 5.35. The molecule has 0 radical (unpaired) electrons. The predicted octanol–water partition coefficient (Wildman–Crippen LogP) is 3.20. The molecule has 3 heteroatoms. The van der Waals surface area contributed by atoms with E-state index in [1.54, 1.807) is 12.1 Å². The van der Waals surface area contributed by atoms with Crippen LogP contribution in [0.25, 0.3) is 0 Å². The summed E-state index contributed by atoms with van der Waals surface area (Å²) in [4.78, 5) is 2.53. The molecule has 0 saturated carbocycles. The fourth-order valence-corrected chi connectivity index (χ4v) is 2.81. The van der Waals surface area contributed by atoms with E-state index in [1.807, 2.05) is 12.1 Å². The van der Waals surface area contributed by atoms with Crippen LogP contribution in [0.1, 0.15) is 38.7 Å². The summed E-state index contributed by atoms with van der Waals surface area (Å²) in [6, 6.07) is 10.7. The van der Waals surface area contributed by atoms with Gasteiger partial charge in [0.25, 0.3) is 0 Å². The Labute approximate surface area is 115 Å². The van der Waals surface area contributed by atoms with Gasteiger partial charge in [0.1, 0.15) is 12.4 Å². The summed E-state index contributed by atoms with van der Waals surface area (Å²) >= 11 is 0. The summed E-state index contributed by atoms with van der Waals surface area (Å²) < 4.78 is 5.75. The Morgan fingerprint density at radius 2 is 1.84 bits per heavy atom. The number of likely N-dealkylation sites (tertiary alicyclic amines) is 1. The van der Waals surface area contributed by atoms with Gasteiger partial charge in [-0.05, 0) is 51.0 Å². The van der Waals surface area contributed by atoms with Crippen LogP contribution in [0, 0.1) is 11.3 Å². The second kappa shape index (κ2) is 6.58. The molecule has 1 saturated heterocycles. The minimum atomic E-state index is 0.660. The molecule has 1 aromatic rings. The molecule has 0 aliphatic carbocycles. The van der Waals surface area contributed by atoms with E-state index in [-0.39, 0.29) is 0 Å². The number of ether oxygens (including phenoxy) is 1. The third kappa shape index (κ3) is 3.71. The number of hydrogen-bond acceptors (Lipinski definition) is 3. The standard InChI is InChI=1S/C16H22N2O/c1-13-4-3-5-14(2)18(13)10-11-19-16-8-6-15(12-17)7-9-16/h6-9,13-14H,3-5,10-11H2,1-2H3. The van der Waals surface area contributed by atoms with Gasteiger partial charge in [-0.15, -0.1) is 0 Å². The van der Waals surface area contributed by atoms with E-state index in [2.05, 4.69) is 24.8 Å². The molecule has 0 N–H and O–H groups in total. The largest absolute Gasteiger partial charge is 0.492 e. The quantitative estimate of drug-likeness (QED) is 0.832. The average molecular weight is 258 g/mol. The molecule has 0 bridgehead atoms. The molecule has 1 aliphatic heterocycles. The maximum Gasteiger partial charge on any atom is 0.119 e. The zero-order valence-electron chi connectivity index (χ0n) is 11.8. The van der Waals surface area contributed by atoms with Gasteiger partial charge in [-0.25, -0.2) is 0 Å². The second-order valence-electron chi connectivity index (χ2n) is 5.35. The molecule has 102 valence electrons. The first-order chi connectivity index (χ1) is 9.20. The van der Waals surface area contributed by atoms with Crippen LogP contribution in [-0.2, 0) is 0 Å². The smallest absolute Gasteiger partial charge is 0.119 e. The summed E-state index contributed by atoms with van der Waals surface area (Å²) in [6.45, 7) is 6.29. The lowest BCUT2D eigenvalue weighted by atomic mass is 9.98. The first-order valence-corrected chi connectivity index (χ1v) is 7.09. The minimum absolute atomic E-state index is 0.660. The van der Waals surface area contributed by atoms with Crippen molar-refractivity contribution in [2.24, 2.45) is 0 Å². The van der Waals surface area contributed by atoms with E-state index in [0.717, 1.165) is 12.3 Å². The molecule has 19 heavy (non-hydrogen) atoms. The zero-order chi connectivity index (χ0) is 13.7. The Hall–Kier alpha value is -1.53. The molecular formula is C16H22N2O. The monoisotopic (exact) mass is 258 g/mol. The average Bonchev–Trinajstić information content (AvgIpc) is 2.43. The molecule has 2 rings (SSSR count). The molecule has 2 atom stereocenters. The highest BCUT2D eigenvalue weighted by Crippen LogP contribution is 2.22. The third-order valence-corrected chi connectivity index (χ3v) is 3.98. The molecule has 1 fully saturated rings. The number of piperidine rings is 1. The molecule has 3 nitrogen and oxygen atoms in total. The zero-order valence-corrected chi connectivity index (χ0v) is 11.8. The van der Waals surface area contributed by atoms with Crippen LogP contribution in [0.5, 0.6) is 5.75 Å². The van der Waals surface area contributed by atoms with E-state index in [9.17, 15) is 0 Å². The SMILES string of the molecule is CC1CCCC(C)N1CCOc1ccc(C#N)cc1. The normalized spacial score (nSPS) is 23.8. The fourth-order valence-electron chi connectivity index (χ4n) is 2.81. The molecule has 0 spiro atoms. The topological polar surface area (TPSA) is 36.3 Å². The number of rotatable bonds is 4. The number of hydrogen-bond donors (Lipinski definition) is 0. The Morgan fingerprint density at radius 3 is 2.42 bits per heavy atom. The molecule has 1 heterocycles. The lowest BCUT2D eigenvalue weighted by Gasteiger charge is -2.38. The minimum Gasteiger partial charge on any atom is -0.492 e. The molecule has 0 amide bonds. The van der Waals surface area contributed by atoms with Crippen molar-refractivity contribution in [3.63, 3.8) is 0 Å². The van der Waals surface area contributed by atoms with Gasteiger partial charge in [-0.2, -0.15) is 5.26 Å². The van der Waals surface area contributed by atoms with Crippen LogP contribution < -0.4 is 4.74 Å². The maximum absolute atomic E-state index is 8.74. The maximum atomic E-state index is 8.74. The molecular weight excluding hydrogens is 236 g/mol. The van der Waals surface area contributed by atoms with Crippen molar-refractivity contribution in [1.29, 1.82) is 5.26 Å². The Kier molecular flexibility index (Phi) is 4.81. The number of benzene rings is 1. The predicted molar refractivity (Wildman–Crippen MR) is 76.1 cm³/mol. The van der Waals surface area contributed by atoms with E-state index >= 15 is 0 Å². The van der Waals surface area contributed by atoms with Crippen LogP contribution in [0.15, 0.2) is 24.3 Å². The van der Waals surface area contributed by atoms with Gasteiger partial charge < -0.3 is 4.74 Å². The molecule has 1 aromatic carbocycles. The van der Waals surface area contributed by atoms with Gasteiger partial charge in [0.2, 0.25) is 0 Å². The summed E-state index contributed by atoms with van der Waals surface area (Å²) in [7, 11) is 0. The summed E-state index contributed by atoms with van der Waals surface area (Å²) in [6.07, 6.45) is 3.93. The lowest BCUT2D eigenvalue weighted by Crippen LogP contribution is -2.45. The first kappa shape index (κ1) is 13.9. The van der Waals surface area contributed by atoms with Crippen molar-refractivity contribution in [3.8, 4) is 11.8 Å². The highest BCUT2D eigenvalue weighted by Gasteiger charge is 2.23. The summed E-state index contributed by atoms with van der Waals surface area (Å²) in [5, 5.41) is 8.74. The van der Waals surface area contributed by atoms with E-state index in [0.29, 0.717) is 24.3 Å². The highest BCUT2D eigenvalue weighted by molar-refractivity contribution is 5.34.